The summed E-state index contributed by atoms with van der Waals surface area (Å²) in [6, 6.07) is 18.6. The van der Waals surface area contributed by atoms with Crippen molar-refractivity contribution in [1.82, 2.24) is 0 Å². The second-order valence-corrected chi connectivity index (χ2v) is 6.73. The highest BCUT2D eigenvalue weighted by Gasteiger charge is 2.40. The lowest BCUT2D eigenvalue weighted by atomic mass is 9.89. The first-order chi connectivity index (χ1) is 12.8. The van der Waals surface area contributed by atoms with E-state index < -0.39 is 5.60 Å². The lowest BCUT2D eigenvalue weighted by molar-refractivity contribution is 0.141. The summed E-state index contributed by atoms with van der Waals surface area (Å²) in [5.74, 6) is 0.728. The second-order valence-electron chi connectivity index (χ2n) is 6.73. The number of nitrogens with zero attached hydrogens (tertiary/aromatic N) is 1. The van der Waals surface area contributed by atoms with Crippen LogP contribution in [0.3, 0.4) is 0 Å². The minimum absolute atomic E-state index is 0.517. The number of allylic oxidation sites excluding steroid dienone is 4. The molecule has 0 N–H and O–H groups in total. The summed E-state index contributed by atoms with van der Waals surface area (Å²) >= 11 is 0. The van der Waals surface area contributed by atoms with Crippen LogP contribution in [0.5, 0.6) is 0 Å². The molecule has 0 fully saturated rings. The largest absolute Gasteiger partial charge is 0.460 e. The Balaban J connectivity index is 1.72. The summed E-state index contributed by atoms with van der Waals surface area (Å²) in [6.07, 6.45) is 13.1. The van der Waals surface area contributed by atoms with Gasteiger partial charge in [-0.2, -0.15) is 0 Å². The molecule has 130 valence electrons. The van der Waals surface area contributed by atoms with Crippen LogP contribution in [0.25, 0.3) is 6.08 Å². The van der Waals surface area contributed by atoms with Gasteiger partial charge in [0.25, 0.3) is 0 Å². The summed E-state index contributed by atoms with van der Waals surface area (Å²) < 4.78 is 6.53. The molecule has 0 bridgehead atoms. The SMILES string of the molecule is C/C=C\CCC1=CC2(CN=C(c3ccccc3)O2)c2ccccc2C=C1. The van der Waals surface area contributed by atoms with E-state index in [4.69, 9.17) is 9.73 Å². The Morgan fingerprint density at radius 1 is 1.04 bits per heavy atom. The topological polar surface area (TPSA) is 21.6 Å². The van der Waals surface area contributed by atoms with Crippen LogP contribution in [0.2, 0.25) is 0 Å². The van der Waals surface area contributed by atoms with Crippen molar-refractivity contribution in [2.24, 2.45) is 4.99 Å². The molecule has 1 aliphatic heterocycles. The normalized spacial score (nSPS) is 21.3. The zero-order valence-corrected chi connectivity index (χ0v) is 15.1. The van der Waals surface area contributed by atoms with Crippen molar-refractivity contribution in [2.75, 3.05) is 6.54 Å². The maximum Gasteiger partial charge on any atom is 0.217 e. The van der Waals surface area contributed by atoms with Crippen LogP contribution in [0.4, 0.5) is 0 Å². The monoisotopic (exact) mass is 341 g/mol. The number of hydrogen-bond donors (Lipinski definition) is 0. The highest BCUT2D eigenvalue weighted by molar-refractivity contribution is 5.95. The maximum atomic E-state index is 6.53. The number of aliphatic imine (C=N–C) groups is 1. The summed E-state index contributed by atoms with van der Waals surface area (Å²) in [6.45, 7) is 2.68. The van der Waals surface area contributed by atoms with Crippen LogP contribution in [-0.4, -0.2) is 12.4 Å². The van der Waals surface area contributed by atoms with Gasteiger partial charge in [-0.3, -0.25) is 0 Å². The van der Waals surface area contributed by atoms with E-state index in [0.29, 0.717) is 6.54 Å². The molecule has 1 heterocycles. The first-order valence-corrected chi connectivity index (χ1v) is 9.20. The predicted molar refractivity (Wildman–Crippen MR) is 108 cm³/mol. The predicted octanol–water partition coefficient (Wildman–Crippen LogP) is 5.67. The molecule has 1 aliphatic carbocycles. The molecular weight excluding hydrogens is 318 g/mol. The highest BCUT2D eigenvalue weighted by Crippen LogP contribution is 2.39. The molecule has 0 aromatic heterocycles. The molecule has 0 radical (unpaired) electrons. The molecule has 1 unspecified atom stereocenters. The highest BCUT2D eigenvalue weighted by atomic mass is 16.5. The first kappa shape index (κ1) is 16.6. The smallest absolute Gasteiger partial charge is 0.217 e. The van der Waals surface area contributed by atoms with Gasteiger partial charge >= 0.3 is 0 Å². The summed E-state index contributed by atoms with van der Waals surface area (Å²) in [7, 11) is 0. The Morgan fingerprint density at radius 2 is 1.85 bits per heavy atom. The number of ether oxygens (including phenoxy) is 1. The molecule has 2 aliphatic rings. The third-order valence-electron chi connectivity index (χ3n) is 4.90. The molecule has 26 heavy (non-hydrogen) atoms. The Hall–Kier alpha value is -2.87. The van der Waals surface area contributed by atoms with Gasteiger partial charge < -0.3 is 4.74 Å². The van der Waals surface area contributed by atoms with Crippen molar-refractivity contribution < 1.29 is 4.74 Å². The fourth-order valence-electron chi connectivity index (χ4n) is 3.59. The fourth-order valence-corrected chi connectivity index (χ4v) is 3.59. The van der Waals surface area contributed by atoms with Gasteiger partial charge in [0.2, 0.25) is 5.90 Å². The quantitative estimate of drug-likeness (QED) is 0.657. The van der Waals surface area contributed by atoms with E-state index in [-0.39, 0.29) is 0 Å². The number of fused-ring (bicyclic) bond motifs is 2. The van der Waals surface area contributed by atoms with Gasteiger partial charge in [-0.1, -0.05) is 66.8 Å². The van der Waals surface area contributed by atoms with Crippen molar-refractivity contribution in [3.63, 3.8) is 0 Å². The Morgan fingerprint density at radius 3 is 2.69 bits per heavy atom. The zero-order chi connectivity index (χ0) is 17.8. The molecule has 1 atom stereocenters. The van der Waals surface area contributed by atoms with Gasteiger partial charge in [0.05, 0.1) is 6.54 Å². The molecule has 0 saturated carbocycles. The van der Waals surface area contributed by atoms with E-state index in [1.807, 2.05) is 18.2 Å². The van der Waals surface area contributed by atoms with Crippen LogP contribution < -0.4 is 0 Å². The van der Waals surface area contributed by atoms with Crippen molar-refractivity contribution in [2.45, 2.75) is 25.4 Å². The Labute approximate surface area is 155 Å². The molecule has 4 rings (SSSR count). The second kappa shape index (κ2) is 7.17. The first-order valence-electron chi connectivity index (χ1n) is 9.20. The number of rotatable bonds is 4. The summed E-state index contributed by atoms with van der Waals surface area (Å²) in [5.41, 5.74) is 4.20. The van der Waals surface area contributed by atoms with Crippen molar-refractivity contribution in [3.8, 4) is 0 Å². The van der Waals surface area contributed by atoms with Crippen LogP contribution in [-0.2, 0) is 10.3 Å². The van der Waals surface area contributed by atoms with E-state index >= 15 is 0 Å². The Bertz CT molecular complexity index is 905. The average molecular weight is 341 g/mol. The van der Waals surface area contributed by atoms with Gasteiger partial charge in [-0.05, 0) is 49.1 Å². The maximum absolute atomic E-state index is 6.53. The van der Waals surface area contributed by atoms with Crippen LogP contribution >= 0.6 is 0 Å². The number of benzene rings is 2. The summed E-state index contributed by atoms with van der Waals surface area (Å²) in [5, 5.41) is 0. The van der Waals surface area contributed by atoms with Crippen molar-refractivity contribution in [3.05, 3.63) is 101 Å². The Kier molecular flexibility index (Phi) is 4.57. The molecule has 2 nitrogen and oxygen atoms in total. The molecular formula is C24H23NO. The van der Waals surface area contributed by atoms with E-state index in [9.17, 15) is 0 Å². The van der Waals surface area contributed by atoms with Crippen LogP contribution in [0.15, 0.2) is 89.5 Å². The van der Waals surface area contributed by atoms with E-state index in [1.165, 1.54) is 16.7 Å². The fraction of sp³-hybridized carbons (Fsp3) is 0.208. The van der Waals surface area contributed by atoms with Crippen molar-refractivity contribution >= 4 is 12.0 Å². The lowest BCUT2D eigenvalue weighted by Crippen LogP contribution is -2.29. The molecule has 0 saturated heterocycles. The van der Waals surface area contributed by atoms with E-state index in [2.05, 4.69) is 73.7 Å². The van der Waals surface area contributed by atoms with Crippen molar-refractivity contribution in [1.29, 1.82) is 0 Å². The average Bonchev–Trinajstić information content (AvgIpc) is 3.05. The molecule has 2 aromatic carbocycles. The van der Waals surface area contributed by atoms with E-state index in [1.54, 1.807) is 0 Å². The summed E-state index contributed by atoms with van der Waals surface area (Å²) in [4.78, 5) is 4.76. The molecule has 2 aromatic rings. The van der Waals surface area contributed by atoms with Gasteiger partial charge in [0, 0.05) is 11.1 Å². The van der Waals surface area contributed by atoms with Crippen LogP contribution in [0.1, 0.15) is 36.5 Å². The third-order valence-corrected chi connectivity index (χ3v) is 4.90. The molecule has 0 amide bonds. The number of hydrogen-bond acceptors (Lipinski definition) is 2. The standard InChI is InChI=1S/C24H23NO/c1-2-3-5-10-19-15-16-20-11-8-9-14-22(20)24(17-19)18-25-23(26-24)21-12-6-4-7-13-21/h2-4,6-9,11-17H,5,10,18H2,1H3/b3-2-. The minimum Gasteiger partial charge on any atom is -0.460 e. The molecule has 1 spiro atoms. The van der Waals surface area contributed by atoms with Gasteiger partial charge in [-0.25, -0.2) is 4.99 Å². The van der Waals surface area contributed by atoms with Gasteiger partial charge in [-0.15, -0.1) is 0 Å². The van der Waals surface area contributed by atoms with Crippen LogP contribution in [0, 0.1) is 0 Å². The lowest BCUT2D eigenvalue weighted by Gasteiger charge is -2.27. The van der Waals surface area contributed by atoms with E-state index in [0.717, 1.165) is 24.3 Å². The van der Waals surface area contributed by atoms with Gasteiger partial charge in [0.1, 0.15) is 0 Å². The minimum atomic E-state index is -0.517. The van der Waals surface area contributed by atoms with Gasteiger partial charge in [0.15, 0.2) is 5.60 Å². The zero-order valence-electron chi connectivity index (χ0n) is 15.1. The third kappa shape index (κ3) is 3.15. The molecule has 2 heteroatoms.